The minimum absolute atomic E-state index is 0.141. The molecule has 1 fully saturated rings. The summed E-state index contributed by atoms with van der Waals surface area (Å²) in [4.78, 5) is 12.3. The fraction of sp³-hybridized carbons (Fsp3) is 0.350. The molecular formula is C20H24N2O5S. The van der Waals surface area contributed by atoms with E-state index < -0.39 is 10.0 Å². The van der Waals surface area contributed by atoms with Crippen molar-refractivity contribution >= 4 is 21.6 Å². The van der Waals surface area contributed by atoms with Crippen LogP contribution in [0, 0.1) is 13.8 Å². The topological polar surface area (TPSA) is 84.9 Å². The van der Waals surface area contributed by atoms with Gasteiger partial charge in [0.2, 0.25) is 10.0 Å². The van der Waals surface area contributed by atoms with Crippen molar-refractivity contribution in [3.05, 3.63) is 53.6 Å². The summed E-state index contributed by atoms with van der Waals surface area (Å²) in [5.74, 6) is 0.251. The maximum atomic E-state index is 12.7. The maximum absolute atomic E-state index is 12.7. The van der Waals surface area contributed by atoms with Crippen molar-refractivity contribution in [1.29, 1.82) is 0 Å². The predicted molar refractivity (Wildman–Crippen MR) is 106 cm³/mol. The van der Waals surface area contributed by atoms with Crippen molar-refractivity contribution in [1.82, 2.24) is 4.31 Å². The normalized spacial score (nSPS) is 15.2. The van der Waals surface area contributed by atoms with Crippen molar-refractivity contribution in [2.75, 3.05) is 38.2 Å². The molecule has 1 aliphatic rings. The second kappa shape index (κ2) is 8.72. The molecule has 150 valence electrons. The van der Waals surface area contributed by atoms with Crippen molar-refractivity contribution in [3.63, 3.8) is 0 Å². The second-order valence-electron chi connectivity index (χ2n) is 6.63. The number of ether oxygens (including phenoxy) is 2. The molecule has 1 amide bonds. The molecule has 0 aromatic heterocycles. The lowest BCUT2D eigenvalue weighted by molar-refractivity contribution is -0.118. The first-order valence-corrected chi connectivity index (χ1v) is 10.5. The van der Waals surface area contributed by atoms with Gasteiger partial charge in [-0.25, -0.2) is 8.42 Å². The van der Waals surface area contributed by atoms with Gasteiger partial charge in [0.1, 0.15) is 5.75 Å². The van der Waals surface area contributed by atoms with Gasteiger partial charge in [-0.2, -0.15) is 4.31 Å². The number of sulfonamides is 1. The van der Waals surface area contributed by atoms with Gasteiger partial charge in [-0.1, -0.05) is 12.1 Å². The highest BCUT2D eigenvalue weighted by Gasteiger charge is 2.26. The summed E-state index contributed by atoms with van der Waals surface area (Å²) in [6.45, 7) is 5.22. The number of aryl methyl sites for hydroxylation is 2. The summed E-state index contributed by atoms with van der Waals surface area (Å²) < 4.78 is 37.6. The molecule has 0 unspecified atom stereocenters. The Kier molecular flexibility index (Phi) is 6.33. The van der Waals surface area contributed by atoms with E-state index in [1.807, 2.05) is 32.0 Å². The molecule has 8 heteroatoms. The molecule has 2 aromatic rings. The van der Waals surface area contributed by atoms with Gasteiger partial charge in [0, 0.05) is 18.8 Å². The smallest absolute Gasteiger partial charge is 0.262 e. The Morgan fingerprint density at radius 3 is 2.57 bits per heavy atom. The van der Waals surface area contributed by atoms with E-state index >= 15 is 0 Å². The number of carbonyl (C=O) groups excluding carboxylic acids is 1. The van der Waals surface area contributed by atoms with E-state index in [1.54, 1.807) is 12.1 Å². The van der Waals surface area contributed by atoms with E-state index in [-0.39, 0.29) is 17.4 Å². The molecule has 1 N–H and O–H groups in total. The summed E-state index contributed by atoms with van der Waals surface area (Å²) >= 11 is 0. The maximum Gasteiger partial charge on any atom is 0.262 e. The quantitative estimate of drug-likeness (QED) is 0.799. The molecule has 0 radical (unpaired) electrons. The Hall–Kier alpha value is -2.42. The number of anilines is 1. The third-order valence-electron chi connectivity index (χ3n) is 4.57. The predicted octanol–water partition coefficient (Wildman–Crippen LogP) is 2.34. The summed E-state index contributed by atoms with van der Waals surface area (Å²) in [5, 5.41) is 2.68. The standard InChI is InChI=1S/C20H24N2O5S/c1-15-6-7-18(12-16(15)2)27-14-20(23)21-17-4-3-5-19(13-17)28(24,25)22-8-10-26-11-9-22/h3-7,12-13H,8-11,14H2,1-2H3,(H,21,23). The van der Waals surface area contributed by atoms with Gasteiger partial charge >= 0.3 is 0 Å². The summed E-state index contributed by atoms with van der Waals surface area (Å²) in [5.41, 5.74) is 2.64. The second-order valence-corrected chi connectivity index (χ2v) is 8.57. The number of rotatable bonds is 6. The average Bonchev–Trinajstić information content (AvgIpc) is 2.70. The van der Waals surface area contributed by atoms with E-state index in [2.05, 4.69) is 5.32 Å². The Labute approximate surface area is 165 Å². The van der Waals surface area contributed by atoms with Crippen LogP contribution in [0.1, 0.15) is 11.1 Å². The fourth-order valence-electron chi connectivity index (χ4n) is 2.82. The molecule has 1 saturated heterocycles. The van der Waals surface area contributed by atoms with Gasteiger partial charge < -0.3 is 14.8 Å². The first-order valence-electron chi connectivity index (χ1n) is 9.04. The van der Waals surface area contributed by atoms with Crippen LogP contribution < -0.4 is 10.1 Å². The van der Waals surface area contributed by atoms with Crippen LogP contribution in [0.4, 0.5) is 5.69 Å². The van der Waals surface area contributed by atoms with Crippen LogP contribution >= 0.6 is 0 Å². The van der Waals surface area contributed by atoms with Crippen LogP contribution in [-0.2, 0) is 19.6 Å². The lowest BCUT2D eigenvalue weighted by Crippen LogP contribution is -2.40. The number of hydrogen-bond acceptors (Lipinski definition) is 5. The zero-order valence-electron chi connectivity index (χ0n) is 16.0. The summed E-state index contributed by atoms with van der Waals surface area (Å²) in [6, 6.07) is 11.8. The van der Waals surface area contributed by atoms with Crippen LogP contribution in [0.15, 0.2) is 47.4 Å². The number of nitrogens with one attached hydrogen (secondary N) is 1. The van der Waals surface area contributed by atoms with Crippen LogP contribution in [0.5, 0.6) is 5.75 Å². The first-order chi connectivity index (χ1) is 13.4. The zero-order valence-corrected chi connectivity index (χ0v) is 16.8. The molecule has 0 aliphatic carbocycles. The van der Waals surface area contributed by atoms with E-state index in [9.17, 15) is 13.2 Å². The van der Waals surface area contributed by atoms with E-state index in [0.717, 1.165) is 11.1 Å². The first kappa shape index (κ1) is 20.3. The highest BCUT2D eigenvalue weighted by atomic mass is 32.2. The molecule has 0 spiro atoms. The number of carbonyl (C=O) groups is 1. The number of hydrogen-bond donors (Lipinski definition) is 1. The third-order valence-corrected chi connectivity index (χ3v) is 6.47. The van der Waals surface area contributed by atoms with Gasteiger partial charge in [-0.3, -0.25) is 4.79 Å². The molecule has 0 bridgehead atoms. The Morgan fingerprint density at radius 1 is 1.11 bits per heavy atom. The number of morpholine rings is 1. The van der Waals surface area contributed by atoms with Crippen molar-refractivity contribution in [2.45, 2.75) is 18.7 Å². The number of benzene rings is 2. The van der Waals surface area contributed by atoms with Crippen LogP contribution in [-0.4, -0.2) is 51.5 Å². The molecule has 1 heterocycles. The minimum atomic E-state index is -3.61. The highest BCUT2D eigenvalue weighted by molar-refractivity contribution is 7.89. The van der Waals surface area contributed by atoms with Crippen molar-refractivity contribution < 1.29 is 22.7 Å². The summed E-state index contributed by atoms with van der Waals surface area (Å²) in [6.07, 6.45) is 0. The molecule has 2 aromatic carbocycles. The molecular weight excluding hydrogens is 380 g/mol. The average molecular weight is 404 g/mol. The van der Waals surface area contributed by atoms with Gasteiger partial charge in [-0.15, -0.1) is 0 Å². The van der Waals surface area contributed by atoms with Crippen LogP contribution in [0.25, 0.3) is 0 Å². The van der Waals surface area contributed by atoms with E-state index in [0.29, 0.717) is 37.7 Å². The molecule has 7 nitrogen and oxygen atoms in total. The summed E-state index contributed by atoms with van der Waals surface area (Å²) in [7, 11) is -3.61. The van der Waals surface area contributed by atoms with Crippen LogP contribution in [0.3, 0.4) is 0 Å². The molecule has 0 atom stereocenters. The molecule has 3 rings (SSSR count). The van der Waals surface area contributed by atoms with E-state index in [4.69, 9.17) is 9.47 Å². The Morgan fingerprint density at radius 2 is 1.86 bits per heavy atom. The zero-order chi connectivity index (χ0) is 20.1. The van der Waals surface area contributed by atoms with Gasteiger partial charge in [0.15, 0.2) is 6.61 Å². The Balaban J connectivity index is 1.63. The SMILES string of the molecule is Cc1ccc(OCC(=O)Nc2cccc(S(=O)(=O)N3CCOCC3)c2)cc1C. The number of nitrogens with zero attached hydrogens (tertiary/aromatic N) is 1. The molecule has 0 saturated carbocycles. The highest BCUT2D eigenvalue weighted by Crippen LogP contribution is 2.21. The fourth-order valence-corrected chi connectivity index (χ4v) is 4.27. The van der Waals surface area contributed by atoms with Gasteiger partial charge in [0.25, 0.3) is 5.91 Å². The lowest BCUT2D eigenvalue weighted by Gasteiger charge is -2.26. The molecule has 1 aliphatic heterocycles. The monoisotopic (exact) mass is 404 g/mol. The van der Waals surface area contributed by atoms with Gasteiger partial charge in [-0.05, 0) is 55.3 Å². The van der Waals surface area contributed by atoms with E-state index in [1.165, 1.54) is 16.4 Å². The van der Waals surface area contributed by atoms with Crippen molar-refractivity contribution in [2.24, 2.45) is 0 Å². The van der Waals surface area contributed by atoms with Crippen LogP contribution in [0.2, 0.25) is 0 Å². The Bertz CT molecular complexity index is 953. The minimum Gasteiger partial charge on any atom is -0.484 e. The third kappa shape index (κ3) is 4.89. The number of amides is 1. The van der Waals surface area contributed by atoms with Gasteiger partial charge in [0.05, 0.1) is 18.1 Å². The lowest BCUT2D eigenvalue weighted by atomic mass is 10.1. The molecule has 28 heavy (non-hydrogen) atoms. The van der Waals surface area contributed by atoms with Crippen molar-refractivity contribution in [3.8, 4) is 5.75 Å². The largest absolute Gasteiger partial charge is 0.484 e.